The van der Waals surface area contributed by atoms with Gasteiger partial charge in [0.1, 0.15) is 0 Å². The predicted molar refractivity (Wildman–Crippen MR) is 81.3 cm³/mol. The monoisotopic (exact) mass is 287 g/mol. The standard InChI is InChI=1S/C16H21N3O2/c1-12(20)19-11-16(8-13-6-4-5-7-14(13)19)9-18(10-16)15(21)17(2)3/h4-7H,8-11H2,1-3H3. The van der Waals surface area contributed by atoms with Crippen LogP contribution in [0.4, 0.5) is 10.5 Å². The van der Waals surface area contributed by atoms with Crippen molar-refractivity contribution in [3.8, 4) is 0 Å². The van der Waals surface area contributed by atoms with Gasteiger partial charge in [0.2, 0.25) is 5.91 Å². The molecular formula is C16H21N3O2. The summed E-state index contributed by atoms with van der Waals surface area (Å²) < 4.78 is 0. The summed E-state index contributed by atoms with van der Waals surface area (Å²) in [6.45, 7) is 3.76. The minimum Gasteiger partial charge on any atom is -0.331 e. The van der Waals surface area contributed by atoms with E-state index < -0.39 is 0 Å². The number of rotatable bonds is 0. The number of hydrogen-bond acceptors (Lipinski definition) is 2. The topological polar surface area (TPSA) is 43.9 Å². The Morgan fingerprint density at radius 1 is 1.14 bits per heavy atom. The maximum absolute atomic E-state index is 12.0. The van der Waals surface area contributed by atoms with Crippen LogP contribution in [-0.4, -0.2) is 55.5 Å². The number of fused-ring (bicyclic) bond motifs is 1. The first-order valence-electron chi connectivity index (χ1n) is 7.24. The smallest absolute Gasteiger partial charge is 0.319 e. The highest BCUT2D eigenvalue weighted by Crippen LogP contribution is 2.42. The fourth-order valence-electron chi connectivity index (χ4n) is 3.48. The van der Waals surface area contributed by atoms with Crippen molar-refractivity contribution in [3.63, 3.8) is 0 Å². The molecule has 0 N–H and O–H groups in total. The Kier molecular flexibility index (Phi) is 3.15. The van der Waals surface area contributed by atoms with Gasteiger partial charge >= 0.3 is 6.03 Å². The van der Waals surface area contributed by atoms with E-state index in [1.807, 2.05) is 28.0 Å². The SMILES string of the molecule is CC(=O)N1CC2(Cc3ccccc31)CN(C(=O)N(C)C)C2. The summed E-state index contributed by atoms with van der Waals surface area (Å²) in [5, 5.41) is 0. The van der Waals surface area contributed by atoms with Crippen LogP contribution in [0.1, 0.15) is 12.5 Å². The minimum absolute atomic E-state index is 0.0195. The third kappa shape index (κ3) is 2.26. The largest absolute Gasteiger partial charge is 0.331 e. The van der Waals surface area contributed by atoms with E-state index in [0.29, 0.717) is 6.54 Å². The third-order valence-electron chi connectivity index (χ3n) is 4.43. The molecule has 0 atom stereocenters. The lowest BCUT2D eigenvalue weighted by Crippen LogP contribution is -2.66. The van der Waals surface area contributed by atoms with Crippen molar-refractivity contribution < 1.29 is 9.59 Å². The van der Waals surface area contributed by atoms with Crippen LogP contribution in [0.25, 0.3) is 0 Å². The lowest BCUT2D eigenvalue weighted by molar-refractivity contribution is -0.117. The molecule has 5 heteroatoms. The van der Waals surface area contributed by atoms with Gasteiger partial charge in [0, 0.05) is 51.8 Å². The Hall–Kier alpha value is -2.04. The maximum atomic E-state index is 12.0. The quantitative estimate of drug-likeness (QED) is 0.727. The molecule has 0 unspecified atom stereocenters. The summed E-state index contributed by atoms with van der Waals surface area (Å²) in [4.78, 5) is 29.2. The predicted octanol–water partition coefficient (Wildman–Crippen LogP) is 1.58. The highest BCUT2D eigenvalue weighted by atomic mass is 16.2. The highest BCUT2D eigenvalue weighted by Gasteiger charge is 2.49. The van der Waals surface area contributed by atoms with Crippen molar-refractivity contribution >= 4 is 17.6 Å². The van der Waals surface area contributed by atoms with Gasteiger partial charge in [-0.25, -0.2) is 4.79 Å². The molecule has 112 valence electrons. The van der Waals surface area contributed by atoms with E-state index in [-0.39, 0.29) is 17.4 Å². The Morgan fingerprint density at radius 2 is 1.81 bits per heavy atom. The van der Waals surface area contributed by atoms with Crippen molar-refractivity contribution in [2.24, 2.45) is 5.41 Å². The zero-order chi connectivity index (χ0) is 15.2. The van der Waals surface area contributed by atoms with Crippen LogP contribution in [0.15, 0.2) is 24.3 Å². The van der Waals surface area contributed by atoms with Gasteiger partial charge in [-0.05, 0) is 18.1 Å². The third-order valence-corrected chi connectivity index (χ3v) is 4.43. The highest BCUT2D eigenvalue weighted by molar-refractivity contribution is 5.93. The molecule has 1 aromatic carbocycles. The Labute approximate surface area is 125 Å². The maximum Gasteiger partial charge on any atom is 0.319 e. The number of para-hydroxylation sites is 1. The average molecular weight is 287 g/mol. The van der Waals surface area contributed by atoms with Crippen molar-refractivity contribution in [1.29, 1.82) is 0 Å². The number of likely N-dealkylation sites (tertiary alicyclic amines) is 1. The molecular weight excluding hydrogens is 266 g/mol. The van der Waals surface area contributed by atoms with E-state index in [0.717, 1.165) is 25.2 Å². The van der Waals surface area contributed by atoms with Crippen molar-refractivity contribution in [3.05, 3.63) is 29.8 Å². The second-order valence-electron chi connectivity index (χ2n) is 6.44. The second-order valence-corrected chi connectivity index (χ2v) is 6.44. The zero-order valence-corrected chi connectivity index (χ0v) is 12.8. The van der Waals surface area contributed by atoms with Crippen molar-refractivity contribution in [2.45, 2.75) is 13.3 Å². The molecule has 2 aliphatic heterocycles. The first-order valence-corrected chi connectivity index (χ1v) is 7.24. The van der Waals surface area contributed by atoms with Crippen LogP contribution in [-0.2, 0) is 11.2 Å². The molecule has 5 nitrogen and oxygen atoms in total. The number of carbonyl (C=O) groups excluding carboxylic acids is 2. The van der Waals surface area contributed by atoms with E-state index in [1.165, 1.54) is 5.56 Å². The number of anilines is 1. The molecule has 1 fully saturated rings. The molecule has 1 saturated heterocycles. The van der Waals surface area contributed by atoms with Crippen LogP contribution in [0.2, 0.25) is 0 Å². The van der Waals surface area contributed by atoms with Crippen molar-refractivity contribution in [2.75, 3.05) is 38.6 Å². The van der Waals surface area contributed by atoms with Crippen LogP contribution in [0.3, 0.4) is 0 Å². The molecule has 0 aliphatic carbocycles. The molecule has 2 heterocycles. The molecule has 0 bridgehead atoms. The van der Waals surface area contributed by atoms with Gasteiger partial charge in [-0.2, -0.15) is 0 Å². The van der Waals surface area contributed by atoms with E-state index in [9.17, 15) is 9.59 Å². The molecule has 3 rings (SSSR count). The summed E-state index contributed by atoms with van der Waals surface area (Å²) in [6, 6.07) is 8.12. The number of nitrogens with zero attached hydrogens (tertiary/aromatic N) is 3. The molecule has 21 heavy (non-hydrogen) atoms. The van der Waals surface area contributed by atoms with Gasteiger partial charge in [0.05, 0.1) is 0 Å². The molecule has 1 spiro atoms. The van der Waals surface area contributed by atoms with Gasteiger partial charge in [0.25, 0.3) is 0 Å². The first-order chi connectivity index (χ1) is 9.92. The molecule has 3 amide bonds. The normalized spacial score (nSPS) is 19.0. The van der Waals surface area contributed by atoms with Crippen LogP contribution < -0.4 is 4.90 Å². The summed E-state index contributed by atoms with van der Waals surface area (Å²) in [5.74, 6) is 0.0684. The van der Waals surface area contributed by atoms with Gasteiger partial charge in [0.15, 0.2) is 0 Å². The van der Waals surface area contributed by atoms with Gasteiger partial charge in [-0.3, -0.25) is 4.79 Å². The summed E-state index contributed by atoms with van der Waals surface area (Å²) >= 11 is 0. The number of urea groups is 1. The van der Waals surface area contributed by atoms with E-state index in [1.54, 1.807) is 25.9 Å². The van der Waals surface area contributed by atoms with Crippen LogP contribution in [0, 0.1) is 5.41 Å². The molecule has 1 aromatic rings. The number of benzene rings is 1. The number of amides is 3. The molecule has 0 radical (unpaired) electrons. The number of hydrogen-bond donors (Lipinski definition) is 0. The molecule has 0 aromatic heterocycles. The van der Waals surface area contributed by atoms with E-state index >= 15 is 0 Å². The van der Waals surface area contributed by atoms with Crippen LogP contribution >= 0.6 is 0 Å². The molecule has 2 aliphatic rings. The summed E-state index contributed by atoms with van der Waals surface area (Å²) in [6.07, 6.45) is 0.935. The lowest BCUT2D eigenvalue weighted by atomic mass is 9.71. The summed E-state index contributed by atoms with van der Waals surface area (Å²) in [7, 11) is 3.54. The van der Waals surface area contributed by atoms with Crippen molar-refractivity contribution in [1.82, 2.24) is 9.80 Å². The second kappa shape index (κ2) is 4.76. The Bertz CT molecular complexity index is 591. The first kappa shape index (κ1) is 13.9. The molecule has 0 saturated carbocycles. The lowest BCUT2D eigenvalue weighted by Gasteiger charge is -2.54. The van der Waals surface area contributed by atoms with Gasteiger partial charge < -0.3 is 14.7 Å². The van der Waals surface area contributed by atoms with Gasteiger partial charge in [-0.1, -0.05) is 18.2 Å². The summed E-state index contributed by atoms with van der Waals surface area (Å²) in [5.41, 5.74) is 2.25. The van der Waals surface area contributed by atoms with E-state index in [4.69, 9.17) is 0 Å². The fraction of sp³-hybridized carbons (Fsp3) is 0.500. The number of carbonyl (C=O) groups is 2. The fourth-order valence-corrected chi connectivity index (χ4v) is 3.48. The Balaban J connectivity index is 1.82. The minimum atomic E-state index is 0.0195. The van der Waals surface area contributed by atoms with Crippen LogP contribution in [0.5, 0.6) is 0 Å². The van der Waals surface area contributed by atoms with Gasteiger partial charge in [-0.15, -0.1) is 0 Å². The van der Waals surface area contributed by atoms with E-state index in [2.05, 4.69) is 6.07 Å². The zero-order valence-electron chi connectivity index (χ0n) is 12.8. The Morgan fingerprint density at radius 3 is 2.43 bits per heavy atom. The average Bonchev–Trinajstić information content (AvgIpc) is 2.42.